The maximum atomic E-state index is 13.5. The lowest BCUT2D eigenvalue weighted by Crippen LogP contribution is -2.45. The molecule has 38 heavy (non-hydrogen) atoms. The summed E-state index contributed by atoms with van der Waals surface area (Å²) in [6, 6.07) is 3.34. The second kappa shape index (κ2) is 13.0. The summed E-state index contributed by atoms with van der Waals surface area (Å²) in [5.74, 6) is -0.377. The first-order valence-electron chi connectivity index (χ1n) is 13.3. The zero-order chi connectivity index (χ0) is 27.1. The topological polar surface area (TPSA) is 132 Å². The van der Waals surface area contributed by atoms with Gasteiger partial charge in [-0.3, -0.25) is 14.5 Å². The molecule has 3 unspecified atom stereocenters. The van der Waals surface area contributed by atoms with Crippen LogP contribution in [-0.2, 0) is 16.1 Å². The zero-order valence-electron chi connectivity index (χ0n) is 22.3. The predicted molar refractivity (Wildman–Crippen MR) is 140 cm³/mol. The summed E-state index contributed by atoms with van der Waals surface area (Å²) in [6.07, 6.45) is 8.48. The smallest absolute Gasteiger partial charge is 0.308 e. The Morgan fingerprint density at radius 2 is 2.08 bits per heavy atom. The van der Waals surface area contributed by atoms with E-state index in [9.17, 15) is 14.7 Å². The molecular formula is C27H39N5O6. The van der Waals surface area contributed by atoms with E-state index in [4.69, 9.17) is 19.9 Å². The van der Waals surface area contributed by atoms with Gasteiger partial charge in [-0.15, -0.1) is 0 Å². The highest BCUT2D eigenvalue weighted by atomic mass is 16.7. The maximum absolute atomic E-state index is 13.5. The van der Waals surface area contributed by atoms with Crippen molar-refractivity contribution in [2.75, 3.05) is 46.6 Å². The summed E-state index contributed by atoms with van der Waals surface area (Å²) in [5.41, 5.74) is 6.52. The van der Waals surface area contributed by atoms with Gasteiger partial charge in [-0.25, -0.2) is 4.98 Å². The predicted octanol–water partition coefficient (Wildman–Crippen LogP) is 2.16. The first-order chi connectivity index (χ1) is 18.5. The average molecular weight is 530 g/mol. The van der Waals surface area contributed by atoms with Crippen LogP contribution in [0.2, 0.25) is 0 Å². The standard InChI is InChI=1S/C27H39N5O6/c1-3-4-9-31(10-5-7-28)24(33)16-32-15-20(19-13-22(36-2)26-23(14-19)37-18-38-26)25(27(34)35)21(32)6-11-30-12-8-29-17-30/h8,12-14,17,20-21,25H,3-7,9-11,15-16,18,28H2,1-2H3,(H,34,35). The molecule has 208 valence electrons. The van der Waals surface area contributed by atoms with Crippen molar-refractivity contribution in [2.24, 2.45) is 11.7 Å². The number of hydrogen-bond acceptors (Lipinski definition) is 8. The van der Waals surface area contributed by atoms with E-state index in [0.717, 1.165) is 24.8 Å². The van der Waals surface area contributed by atoms with Crippen LogP contribution in [0.15, 0.2) is 30.9 Å². The van der Waals surface area contributed by atoms with Crippen LogP contribution in [0.3, 0.4) is 0 Å². The maximum Gasteiger partial charge on any atom is 0.308 e. The lowest BCUT2D eigenvalue weighted by molar-refractivity contribution is -0.144. The molecular weight excluding hydrogens is 490 g/mol. The Labute approximate surface area is 223 Å². The average Bonchev–Trinajstić information content (AvgIpc) is 3.67. The van der Waals surface area contributed by atoms with Crippen LogP contribution in [0.4, 0.5) is 0 Å². The van der Waals surface area contributed by atoms with Crippen molar-refractivity contribution in [3.8, 4) is 17.2 Å². The number of nitrogens with two attached hydrogens (primary N) is 1. The van der Waals surface area contributed by atoms with E-state index in [2.05, 4.69) is 11.9 Å². The molecule has 1 aromatic carbocycles. The van der Waals surface area contributed by atoms with Gasteiger partial charge in [0.25, 0.3) is 0 Å². The summed E-state index contributed by atoms with van der Waals surface area (Å²) >= 11 is 0. The minimum absolute atomic E-state index is 0.00702. The summed E-state index contributed by atoms with van der Waals surface area (Å²) in [6.45, 7) is 5.17. The van der Waals surface area contributed by atoms with Gasteiger partial charge in [-0.05, 0) is 43.5 Å². The van der Waals surface area contributed by atoms with Gasteiger partial charge in [0, 0.05) is 50.5 Å². The van der Waals surface area contributed by atoms with Crippen molar-refractivity contribution >= 4 is 11.9 Å². The van der Waals surface area contributed by atoms with Gasteiger partial charge in [0.15, 0.2) is 11.5 Å². The molecule has 11 heteroatoms. The number of benzene rings is 1. The van der Waals surface area contributed by atoms with Crippen molar-refractivity contribution in [2.45, 2.75) is 51.1 Å². The quantitative estimate of drug-likeness (QED) is 0.378. The third-order valence-electron chi connectivity index (χ3n) is 7.49. The molecule has 1 fully saturated rings. The third kappa shape index (κ3) is 6.21. The second-order valence-electron chi connectivity index (χ2n) is 9.89. The van der Waals surface area contributed by atoms with Crippen molar-refractivity contribution < 1.29 is 28.9 Å². The van der Waals surface area contributed by atoms with Gasteiger partial charge in [0.05, 0.1) is 25.9 Å². The Hall–Kier alpha value is -3.31. The number of carboxylic acid groups (broad SMARTS) is 1. The number of hydrogen-bond donors (Lipinski definition) is 2. The molecule has 1 aromatic heterocycles. The van der Waals surface area contributed by atoms with Gasteiger partial charge in [0.1, 0.15) is 0 Å². The number of aryl methyl sites for hydroxylation is 1. The Balaban J connectivity index is 1.62. The van der Waals surface area contributed by atoms with Gasteiger partial charge >= 0.3 is 5.97 Å². The number of ether oxygens (including phenoxy) is 3. The molecule has 0 aliphatic carbocycles. The van der Waals surface area contributed by atoms with Crippen molar-refractivity contribution in [1.29, 1.82) is 0 Å². The highest BCUT2D eigenvalue weighted by Gasteiger charge is 2.47. The van der Waals surface area contributed by atoms with Crippen LogP contribution in [-0.4, -0.2) is 89.0 Å². The summed E-state index contributed by atoms with van der Waals surface area (Å²) in [5, 5.41) is 10.4. The molecule has 3 heterocycles. The molecule has 0 saturated carbocycles. The van der Waals surface area contributed by atoms with Crippen LogP contribution in [0.1, 0.15) is 44.1 Å². The first-order valence-corrected chi connectivity index (χ1v) is 13.3. The fourth-order valence-electron chi connectivity index (χ4n) is 5.52. The number of unbranched alkanes of at least 4 members (excludes halogenated alkanes) is 1. The van der Waals surface area contributed by atoms with E-state index in [0.29, 0.717) is 56.4 Å². The molecule has 1 saturated heterocycles. The van der Waals surface area contributed by atoms with Crippen LogP contribution >= 0.6 is 0 Å². The number of rotatable bonds is 14. The molecule has 2 aliphatic rings. The van der Waals surface area contributed by atoms with Crippen LogP contribution in [0.5, 0.6) is 17.2 Å². The van der Waals surface area contributed by atoms with Gasteiger partial charge in [0.2, 0.25) is 18.4 Å². The Bertz CT molecular complexity index is 1070. The Kier molecular flexibility index (Phi) is 9.46. The number of fused-ring (bicyclic) bond motifs is 1. The number of amides is 1. The van der Waals surface area contributed by atoms with E-state index in [1.165, 1.54) is 0 Å². The molecule has 4 rings (SSSR count). The number of aromatic nitrogens is 2. The molecule has 0 spiro atoms. The SMILES string of the molecule is CCCCN(CCCN)C(=O)CN1CC(c2cc(OC)c3c(c2)OCO3)C(C(=O)O)C1CCn1ccnc1. The van der Waals surface area contributed by atoms with Crippen molar-refractivity contribution in [1.82, 2.24) is 19.4 Å². The number of aliphatic carboxylic acids is 1. The number of carboxylic acids is 1. The number of imidazole rings is 1. The minimum atomic E-state index is -0.886. The zero-order valence-corrected chi connectivity index (χ0v) is 22.3. The molecule has 2 aromatic rings. The van der Waals surface area contributed by atoms with E-state index in [-0.39, 0.29) is 31.2 Å². The Morgan fingerprint density at radius 1 is 1.26 bits per heavy atom. The highest BCUT2D eigenvalue weighted by molar-refractivity contribution is 5.79. The molecule has 11 nitrogen and oxygen atoms in total. The summed E-state index contributed by atoms with van der Waals surface area (Å²) in [4.78, 5) is 34.3. The molecule has 0 bridgehead atoms. The molecule has 3 N–H and O–H groups in total. The second-order valence-corrected chi connectivity index (χ2v) is 9.89. The number of carbonyl (C=O) groups is 2. The number of likely N-dealkylation sites (tertiary alicyclic amines) is 1. The molecule has 2 aliphatic heterocycles. The summed E-state index contributed by atoms with van der Waals surface area (Å²) < 4.78 is 18.6. The van der Waals surface area contributed by atoms with Gasteiger partial charge in [-0.2, -0.15) is 0 Å². The number of methoxy groups -OCH3 is 1. The third-order valence-corrected chi connectivity index (χ3v) is 7.49. The fourth-order valence-corrected chi connectivity index (χ4v) is 5.52. The minimum Gasteiger partial charge on any atom is -0.493 e. The van der Waals surface area contributed by atoms with Crippen molar-refractivity contribution in [3.05, 3.63) is 36.4 Å². The van der Waals surface area contributed by atoms with E-state index in [1.807, 2.05) is 32.7 Å². The van der Waals surface area contributed by atoms with Crippen LogP contribution < -0.4 is 19.9 Å². The van der Waals surface area contributed by atoms with Gasteiger partial charge in [-0.1, -0.05) is 13.3 Å². The molecule has 1 amide bonds. The van der Waals surface area contributed by atoms with Crippen molar-refractivity contribution in [3.63, 3.8) is 0 Å². The Morgan fingerprint density at radius 3 is 2.76 bits per heavy atom. The molecule has 0 radical (unpaired) electrons. The van der Waals surface area contributed by atoms with Gasteiger partial charge < -0.3 is 34.5 Å². The monoisotopic (exact) mass is 529 g/mol. The van der Waals surface area contributed by atoms with Crippen LogP contribution in [0, 0.1) is 5.92 Å². The number of nitrogens with zero attached hydrogens (tertiary/aromatic N) is 4. The highest BCUT2D eigenvalue weighted by Crippen LogP contribution is 2.47. The summed E-state index contributed by atoms with van der Waals surface area (Å²) in [7, 11) is 1.55. The lowest BCUT2D eigenvalue weighted by atomic mass is 9.84. The molecule has 3 atom stereocenters. The van der Waals surface area contributed by atoms with E-state index in [1.54, 1.807) is 19.6 Å². The van der Waals surface area contributed by atoms with E-state index < -0.39 is 11.9 Å². The lowest BCUT2D eigenvalue weighted by Gasteiger charge is -2.30. The largest absolute Gasteiger partial charge is 0.493 e. The first kappa shape index (κ1) is 27.7. The van der Waals surface area contributed by atoms with E-state index >= 15 is 0 Å². The number of carbonyl (C=O) groups excluding carboxylic acids is 1. The normalized spacial score (nSPS) is 20.6. The van der Waals surface area contributed by atoms with Crippen LogP contribution in [0.25, 0.3) is 0 Å². The fraction of sp³-hybridized carbons (Fsp3) is 0.593.